The quantitative estimate of drug-likeness (QED) is 0.859. The van der Waals surface area contributed by atoms with Crippen LogP contribution < -0.4 is 10.6 Å². The van der Waals surface area contributed by atoms with E-state index in [1.165, 1.54) is 12.8 Å². The van der Waals surface area contributed by atoms with E-state index in [-0.39, 0.29) is 5.91 Å². The van der Waals surface area contributed by atoms with Crippen LogP contribution in [-0.2, 0) is 0 Å². The summed E-state index contributed by atoms with van der Waals surface area (Å²) in [5.41, 5.74) is 0.907. The van der Waals surface area contributed by atoms with Crippen molar-refractivity contribution in [1.82, 2.24) is 10.6 Å². The molecule has 1 amide bonds. The Bertz CT molecular complexity index is 406. The molecule has 1 aliphatic rings. The fourth-order valence-electron chi connectivity index (χ4n) is 2.51. The molecule has 2 rings (SSSR count). The largest absolute Gasteiger partial charge is 0.456 e. The summed E-state index contributed by atoms with van der Waals surface area (Å²) in [6, 6.07) is 1.89. The summed E-state index contributed by atoms with van der Waals surface area (Å²) in [4.78, 5) is 11.9. The number of hydrogen-bond donors (Lipinski definition) is 2. The molecule has 4 nitrogen and oxygen atoms in total. The van der Waals surface area contributed by atoms with E-state index in [1.54, 1.807) is 0 Å². The lowest BCUT2D eigenvalue weighted by molar-refractivity contribution is 0.0921. The fourth-order valence-corrected chi connectivity index (χ4v) is 2.51. The number of piperidine rings is 1. The number of hydrogen-bond acceptors (Lipinski definition) is 3. The molecule has 0 radical (unpaired) electrons. The lowest BCUT2D eigenvalue weighted by atomic mass is 9.96. The van der Waals surface area contributed by atoms with Crippen LogP contribution in [0.2, 0.25) is 0 Å². The number of aryl methyl sites for hydroxylation is 2. The zero-order valence-corrected chi connectivity index (χ0v) is 11.2. The van der Waals surface area contributed by atoms with Crippen molar-refractivity contribution in [2.45, 2.75) is 33.1 Å². The molecule has 0 bridgehead atoms. The summed E-state index contributed by atoms with van der Waals surface area (Å²) >= 11 is 0. The van der Waals surface area contributed by atoms with Crippen LogP contribution in [0.3, 0.4) is 0 Å². The Hall–Kier alpha value is -1.29. The molecule has 0 aromatic carbocycles. The Kier molecular flexibility index (Phi) is 4.42. The minimum Gasteiger partial charge on any atom is -0.456 e. The zero-order valence-electron chi connectivity index (χ0n) is 11.2. The lowest BCUT2D eigenvalue weighted by Crippen LogP contribution is -2.33. The van der Waals surface area contributed by atoms with E-state index >= 15 is 0 Å². The number of furan rings is 1. The molecule has 4 heteroatoms. The van der Waals surface area contributed by atoms with Gasteiger partial charge in [-0.3, -0.25) is 4.79 Å². The third-order valence-electron chi connectivity index (χ3n) is 3.48. The Morgan fingerprint density at radius 1 is 1.56 bits per heavy atom. The monoisotopic (exact) mass is 250 g/mol. The molecule has 1 unspecified atom stereocenters. The van der Waals surface area contributed by atoms with Gasteiger partial charge in [-0.05, 0) is 58.2 Å². The van der Waals surface area contributed by atoms with Crippen LogP contribution in [0.25, 0.3) is 0 Å². The van der Waals surface area contributed by atoms with Gasteiger partial charge in [0.1, 0.15) is 5.76 Å². The topological polar surface area (TPSA) is 54.3 Å². The molecule has 0 aliphatic carbocycles. The van der Waals surface area contributed by atoms with E-state index in [2.05, 4.69) is 10.6 Å². The normalized spacial score (nSPS) is 19.8. The highest BCUT2D eigenvalue weighted by molar-refractivity contribution is 5.92. The summed E-state index contributed by atoms with van der Waals surface area (Å²) in [5.74, 6) is 1.84. The second-order valence-electron chi connectivity index (χ2n) is 5.13. The molecule has 2 heterocycles. The minimum absolute atomic E-state index is 0.0932. The van der Waals surface area contributed by atoms with Gasteiger partial charge in [-0.15, -0.1) is 0 Å². The van der Waals surface area contributed by atoms with Gasteiger partial charge in [0.2, 0.25) is 0 Å². The minimum atomic E-state index is -0.0932. The van der Waals surface area contributed by atoms with Crippen LogP contribution in [-0.4, -0.2) is 25.5 Å². The van der Waals surface area contributed by atoms with Crippen LogP contribution in [0.1, 0.15) is 41.1 Å². The lowest BCUT2D eigenvalue weighted by Gasteiger charge is -2.22. The third-order valence-corrected chi connectivity index (χ3v) is 3.48. The Morgan fingerprint density at radius 3 is 3.00 bits per heavy atom. The van der Waals surface area contributed by atoms with E-state index in [0.717, 1.165) is 37.4 Å². The van der Waals surface area contributed by atoms with Crippen LogP contribution in [0, 0.1) is 19.8 Å². The van der Waals surface area contributed by atoms with Crippen molar-refractivity contribution in [2.75, 3.05) is 19.6 Å². The predicted octanol–water partition coefficient (Wildman–Crippen LogP) is 2.02. The van der Waals surface area contributed by atoms with Gasteiger partial charge in [0.25, 0.3) is 5.91 Å². The van der Waals surface area contributed by atoms with E-state index < -0.39 is 0 Å². The van der Waals surface area contributed by atoms with Gasteiger partial charge in [-0.1, -0.05) is 0 Å². The standard InChI is InChI=1S/C14H22N2O2/c1-10-8-11(2)18-13(10)14(17)16-7-5-12-4-3-6-15-9-12/h8,12,15H,3-7,9H2,1-2H3,(H,16,17). The van der Waals surface area contributed by atoms with Gasteiger partial charge in [-0.25, -0.2) is 0 Å². The van der Waals surface area contributed by atoms with E-state index in [0.29, 0.717) is 11.7 Å². The highest BCUT2D eigenvalue weighted by Crippen LogP contribution is 2.15. The highest BCUT2D eigenvalue weighted by atomic mass is 16.3. The van der Waals surface area contributed by atoms with Crippen molar-refractivity contribution in [3.8, 4) is 0 Å². The first kappa shape index (κ1) is 13.1. The number of carbonyl (C=O) groups is 1. The van der Waals surface area contributed by atoms with Crippen LogP contribution >= 0.6 is 0 Å². The maximum Gasteiger partial charge on any atom is 0.287 e. The molecule has 1 aliphatic heterocycles. The Morgan fingerprint density at radius 2 is 2.39 bits per heavy atom. The van der Waals surface area contributed by atoms with Crippen molar-refractivity contribution in [1.29, 1.82) is 0 Å². The molecule has 18 heavy (non-hydrogen) atoms. The first-order valence-electron chi connectivity index (χ1n) is 6.73. The molecule has 2 N–H and O–H groups in total. The summed E-state index contributed by atoms with van der Waals surface area (Å²) in [6.45, 7) is 6.70. The predicted molar refractivity (Wildman–Crippen MR) is 70.7 cm³/mol. The van der Waals surface area contributed by atoms with Crippen molar-refractivity contribution in [2.24, 2.45) is 5.92 Å². The number of carbonyl (C=O) groups excluding carboxylic acids is 1. The van der Waals surface area contributed by atoms with Gasteiger partial charge in [0.15, 0.2) is 5.76 Å². The van der Waals surface area contributed by atoms with E-state index in [9.17, 15) is 4.79 Å². The van der Waals surface area contributed by atoms with Crippen LogP contribution in [0.4, 0.5) is 0 Å². The van der Waals surface area contributed by atoms with Crippen LogP contribution in [0.5, 0.6) is 0 Å². The number of nitrogens with one attached hydrogen (secondary N) is 2. The second-order valence-corrected chi connectivity index (χ2v) is 5.13. The van der Waals surface area contributed by atoms with Gasteiger partial charge < -0.3 is 15.1 Å². The highest BCUT2D eigenvalue weighted by Gasteiger charge is 2.16. The van der Waals surface area contributed by atoms with Crippen molar-refractivity contribution in [3.63, 3.8) is 0 Å². The third kappa shape index (κ3) is 3.35. The molecule has 1 saturated heterocycles. The smallest absolute Gasteiger partial charge is 0.287 e. The SMILES string of the molecule is Cc1cc(C)c(C(=O)NCCC2CCCNC2)o1. The number of amides is 1. The van der Waals surface area contributed by atoms with Crippen molar-refractivity contribution in [3.05, 3.63) is 23.2 Å². The molecular weight excluding hydrogens is 228 g/mol. The van der Waals surface area contributed by atoms with E-state index in [1.807, 2.05) is 19.9 Å². The average molecular weight is 250 g/mol. The summed E-state index contributed by atoms with van der Waals surface area (Å²) in [6.07, 6.45) is 3.55. The fraction of sp³-hybridized carbons (Fsp3) is 0.643. The average Bonchev–Trinajstić information content (AvgIpc) is 2.70. The van der Waals surface area contributed by atoms with Gasteiger partial charge in [0.05, 0.1) is 0 Å². The first-order chi connectivity index (χ1) is 8.66. The summed E-state index contributed by atoms with van der Waals surface area (Å²) in [5, 5.41) is 6.33. The summed E-state index contributed by atoms with van der Waals surface area (Å²) in [7, 11) is 0. The molecule has 0 spiro atoms. The molecule has 0 saturated carbocycles. The molecule has 100 valence electrons. The summed E-state index contributed by atoms with van der Waals surface area (Å²) < 4.78 is 5.39. The van der Waals surface area contributed by atoms with Crippen LogP contribution in [0.15, 0.2) is 10.5 Å². The van der Waals surface area contributed by atoms with Crippen molar-refractivity contribution < 1.29 is 9.21 Å². The molecule has 1 aromatic rings. The maximum atomic E-state index is 11.9. The molecule has 1 fully saturated rings. The maximum absolute atomic E-state index is 11.9. The van der Waals surface area contributed by atoms with Crippen molar-refractivity contribution >= 4 is 5.91 Å². The Labute approximate surface area is 108 Å². The molecule has 1 atom stereocenters. The first-order valence-corrected chi connectivity index (χ1v) is 6.73. The second kappa shape index (κ2) is 6.05. The van der Waals surface area contributed by atoms with E-state index in [4.69, 9.17) is 4.42 Å². The van der Waals surface area contributed by atoms with Gasteiger partial charge >= 0.3 is 0 Å². The van der Waals surface area contributed by atoms with Gasteiger partial charge in [-0.2, -0.15) is 0 Å². The molecular formula is C14H22N2O2. The molecule has 1 aromatic heterocycles. The Balaban J connectivity index is 1.76. The zero-order chi connectivity index (χ0) is 13.0. The van der Waals surface area contributed by atoms with Gasteiger partial charge in [0, 0.05) is 12.1 Å². The number of rotatable bonds is 4.